The lowest BCUT2D eigenvalue weighted by atomic mass is 10.0. The van der Waals surface area contributed by atoms with E-state index in [1.807, 2.05) is 12.1 Å². The number of thiophene rings is 1. The van der Waals surface area contributed by atoms with Gasteiger partial charge < -0.3 is 14.0 Å². The lowest BCUT2D eigenvalue weighted by molar-refractivity contribution is 0.170. The highest BCUT2D eigenvalue weighted by atomic mass is 32.1. The van der Waals surface area contributed by atoms with Crippen LogP contribution in [0.2, 0.25) is 0 Å². The molecule has 5 rings (SSSR count). The Labute approximate surface area is 156 Å². The van der Waals surface area contributed by atoms with Gasteiger partial charge in [0, 0.05) is 18.7 Å². The lowest BCUT2D eigenvalue weighted by Crippen LogP contribution is -2.23. The maximum atomic E-state index is 5.75. The Morgan fingerprint density at radius 3 is 2.92 bits per heavy atom. The first kappa shape index (κ1) is 15.9. The van der Waals surface area contributed by atoms with Gasteiger partial charge in [-0.3, -0.25) is 4.90 Å². The molecule has 6 heteroatoms. The largest absolute Gasteiger partial charge is 0.486 e. The third-order valence-corrected chi connectivity index (χ3v) is 5.89. The van der Waals surface area contributed by atoms with Gasteiger partial charge in [0.1, 0.15) is 13.2 Å². The highest BCUT2D eigenvalue weighted by Crippen LogP contribution is 2.38. The zero-order valence-electron chi connectivity index (χ0n) is 14.4. The molecule has 1 atom stereocenters. The van der Waals surface area contributed by atoms with Gasteiger partial charge in [-0.2, -0.15) is 0 Å². The first-order valence-corrected chi connectivity index (χ1v) is 9.88. The van der Waals surface area contributed by atoms with Gasteiger partial charge in [-0.15, -0.1) is 11.3 Å². The summed E-state index contributed by atoms with van der Waals surface area (Å²) >= 11 is 1.67. The van der Waals surface area contributed by atoms with E-state index in [-0.39, 0.29) is 0 Å². The number of likely N-dealkylation sites (tertiary alicyclic amines) is 1. The van der Waals surface area contributed by atoms with Gasteiger partial charge in [0.15, 0.2) is 17.3 Å². The molecular formula is C20H20N2O3S. The van der Waals surface area contributed by atoms with Crippen molar-refractivity contribution in [1.82, 2.24) is 10.1 Å². The summed E-state index contributed by atoms with van der Waals surface area (Å²) in [6.45, 7) is 3.12. The Hall–Kier alpha value is -2.31. The molecule has 0 radical (unpaired) electrons. The molecule has 0 bridgehead atoms. The Balaban J connectivity index is 1.34. The van der Waals surface area contributed by atoms with Crippen molar-refractivity contribution in [1.29, 1.82) is 0 Å². The Bertz CT molecular complexity index is 890. The molecule has 2 aliphatic heterocycles. The normalized spacial score (nSPS) is 19.8. The summed E-state index contributed by atoms with van der Waals surface area (Å²) in [5.74, 6) is 2.56. The smallest absolute Gasteiger partial charge is 0.177 e. The van der Waals surface area contributed by atoms with Crippen molar-refractivity contribution in [2.24, 2.45) is 0 Å². The molecule has 2 aromatic heterocycles. The van der Waals surface area contributed by atoms with E-state index < -0.39 is 0 Å². The van der Waals surface area contributed by atoms with Crippen LogP contribution in [-0.4, -0.2) is 29.8 Å². The zero-order valence-corrected chi connectivity index (χ0v) is 15.2. The van der Waals surface area contributed by atoms with Crippen LogP contribution in [0.25, 0.3) is 10.6 Å². The maximum absolute atomic E-state index is 5.75. The molecule has 0 aliphatic carbocycles. The summed E-state index contributed by atoms with van der Waals surface area (Å²) in [5, 5.41) is 6.33. The van der Waals surface area contributed by atoms with Crippen LogP contribution in [0.15, 0.2) is 46.3 Å². The number of hydrogen-bond acceptors (Lipinski definition) is 6. The standard InChI is InChI=1S/C20H20N2O3S/c1-3-16(14-5-6-17-18(11-14)24-9-8-23-17)22(7-1)13-15-12-19(25-21-15)20-4-2-10-26-20/h2,4-6,10-12,16H,1,3,7-9,13H2/t16-/m1/s1. The van der Waals surface area contributed by atoms with Gasteiger partial charge in [-0.25, -0.2) is 0 Å². The Morgan fingerprint density at radius 1 is 1.12 bits per heavy atom. The first-order valence-electron chi connectivity index (χ1n) is 9.00. The minimum Gasteiger partial charge on any atom is -0.486 e. The Morgan fingerprint density at radius 2 is 2.04 bits per heavy atom. The van der Waals surface area contributed by atoms with Crippen LogP contribution in [0.1, 0.15) is 30.1 Å². The number of benzene rings is 1. The van der Waals surface area contributed by atoms with E-state index in [4.69, 9.17) is 14.0 Å². The lowest BCUT2D eigenvalue weighted by Gasteiger charge is -2.25. The van der Waals surface area contributed by atoms with E-state index in [1.165, 1.54) is 12.0 Å². The van der Waals surface area contributed by atoms with Gasteiger partial charge in [0.25, 0.3) is 0 Å². The fourth-order valence-corrected chi connectivity index (χ4v) is 4.46. The molecule has 2 aliphatic rings. The van der Waals surface area contributed by atoms with Crippen LogP contribution in [0.4, 0.5) is 0 Å². The highest BCUT2D eigenvalue weighted by molar-refractivity contribution is 7.13. The second kappa shape index (κ2) is 6.78. The Kier molecular flexibility index (Phi) is 4.15. The van der Waals surface area contributed by atoms with E-state index in [0.717, 1.165) is 47.3 Å². The molecule has 1 fully saturated rings. The molecule has 1 saturated heterocycles. The minimum atomic E-state index is 0.382. The molecule has 134 valence electrons. The van der Waals surface area contributed by atoms with Crippen molar-refractivity contribution >= 4 is 11.3 Å². The molecule has 5 nitrogen and oxygen atoms in total. The SMILES string of the molecule is c1csc(-c2cc(CN3CCC[C@@H]3c3ccc4c(c3)OCCO4)no2)c1. The summed E-state index contributed by atoms with van der Waals surface area (Å²) in [4.78, 5) is 3.59. The molecule has 0 amide bonds. The van der Waals surface area contributed by atoms with Crippen LogP contribution in [0.3, 0.4) is 0 Å². The quantitative estimate of drug-likeness (QED) is 0.678. The molecule has 0 N–H and O–H groups in total. The van der Waals surface area contributed by atoms with Crippen molar-refractivity contribution in [3.63, 3.8) is 0 Å². The predicted octanol–water partition coefficient (Wildman–Crippen LogP) is 4.51. The fourth-order valence-electron chi connectivity index (χ4n) is 3.79. The van der Waals surface area contributed by atoms with Gasteiger partial charge in [0.05, 0.1) is 10.6 Å². The van der Waals surface area contributed by atoms with Gasteiger partial charge in [-0.05, 0) is 48.5 Å². The van der Waals surface area contributed by atoms with E-state index in [2.05, 4.69) is 39.7 Å². The van der Waals surface area contributed by atoms with Crippen molar-refractivity contribution < 1.29 is 14.0 Å². The van der Waals surface area contributed by atoms with Crippen molar-refractivity contribution in [2.45, 2.75) is 25.4 Å². The number of fused-ring (bicyclic) bond motifs is 1. The first-order chi connectivity index (χ1) is 12.9. The van der Waals surface area contributed by atoms with Crippen LogP contribution in [0.5, 0.6) is 11.5 Å². The van der Waals surface area contributed by atoms with Gasteiger partial charge in [-0.1, -0.05) is 17.3 Å². The molecule has 0 unspecified atom stereocenters. The fraction of sp³-hybridized carbons (Fsp3) is 0.350. The van der Waals surface area contributed by atoms with Crippen molar-refractivity contribution in [3.05, 3.63) is 53.0 Å². The average Bonchev–Trinajstić information content (AvgIpc) is 3.43. The van der Waals surface area contributed by atoms with Gasteiger partial charge in [0.2, 0.25) is 0 Å². The van der Waals surface area contributed by atoms with E-state index in [9.17, 15) is 0 Å². The highest BCUT2D eigenvalue weighted by Gasteiger charge is 2.28. The minimum absolute atomic E-state index is 0.382. The monoisotopic (exact) mass is 368 g/mol. The summed E-state index contributed by atoms with van der Waals surface area (Å²) in [6, 6.07) is 12.9. The van der Waals surface area contributed by atoms with Crippen LogP contribution < -0.4 is 9.47 Å². The van der Waals surface area contributed by atoms with E-state index in [0.29, 0.717) is 19.3 Å². The molecule has 4 heterocycles. The second-order valence-corrected chi connectivity index (χ2v) is 7.64. The van der Waals surface area contributed by atoms with Crippen molar-refractivity contribution in [2.75, 3.05) is 19.8 Å². The molecule has 26 heavy (non-hydrogen) atoms. The number of rotatable bonds is 4. The van der Waals surface area contributed by atoms with Crippen molar-refractivity contribution in [3.8, 4) is 22.1 Å². The molecule has 0 spiro atoms. The second-order valence-electron chi connectivity index (χ2n) is 6.69. The number of aromatic nitrogens is 1. The zero-order chi connectivity index (χ0) is 17.3. The van der Waals surface area contributed by atoms with Gasteiger partial charge >= 0.3 is 0 Å². The van der Waals surface area contributed by atoms with Crippen LogP contribution in [0, 0.1) is 0 Å². The average molecular weight is 368 g/mol. The maximum Gasteiger partial charge on any atom is 0.177 e. The summed E-state index contributed by atoms with van der Waals surface area (Å²) < 4.78 is 16.9. The molecule has 3 aromatic rings. The van der Waals surface area contributed by atoms with E-state index >= 15 is 0 Å². The summed E-state index contributed by atoms with van der Waals surface area (Å²) in [7, 11) is 0. The molecule has 1 aromatic carbocycles. The van der Waals surface area contributed by atoms with Crippen LogP contribution in [-0.2, 0) is 6.54 Å². The third-order valence-electron chi connectivity index (χ3n) is 5.00. The summed E-state index contributed by atoms with van der Waals surface area (Å²) in [6.07, 6.45) is 2.34. The third kappa shape index (κ3) is 2.99. The molecule has 0 saturated carbocycles. The topological polar surface area (TPSA) is 47.7 Å². The van der Waals surface area contributed by atoms with Crippen LogP contribution >= 0.6 is 11.3 Å². The summed E-state index contributed by atoms with van der Waals surface area (Å²) in [5.41, 5.74) is 2.27. The number of nitrogens with zero attached hydrogens (tertiary/aromatic N) is 2. The van der Waals surface area contributed by atoms with E-state index in [1.54, 1.807) is 11.3 Å². The predicted molar refractivity (Wildman–Crippen MR) is 99.6 cm³/mol. The number of ether oxygens (including phenoxy) is 2. The number of hydrogen-bond donors (Lipinski definition) is 0. The molecular weight excluding hydrogens is 348 g/mol.